The normalized spacial score (nSPS) is 21.6. The van der Waals surface area contributed by atoms with Crippen LogP contribution in [0, 0.1) is 0 Å². The van der Waals surface area contributed by atoms with Crippen molar-refractivity contribution in [2.45, 2.75) is 12.5 Å². The van der Waals surface area contributed by atoms with Crippen LogP contribution in [0.1, 0.15) is 6.42 Å². The Balaban J connectivity index is 2.28. The van der Waals surface area contributed by atoms with Gasteiger partial charge in [0.1, 0.15) is 0 Å². The SMILES string of the molecule is CSCC[C@@H](N)CN1CCN(S(C)(=O)=O)CC1. The number of piperazine rings is 1. The van der Waals surface area contributed by atoms with E-state index in [-0.39, 0.29) is 6.04 Å². The minimum Gasteiger partial charge on any atom is -0.327 e. The lowest BCUT2D eigenvalue weighted by molar-refractivity contribution is 0.179. The molecule has 1 fully saturated rings. The van der Waals surface area contributed by atoms with Crippen LogP contribution in [0.5, 0.6) is 0 Å². The van der Waals surface area contributed by atoms with Crippen molar-refractivity contribution in [3.05, 3.63) is 0 Å². The van der Waals surface area contributed by atoms with E-state index in [1.54, 1.807) is 0 Å². The highest BCUT2D eigenvalue weighted by Gasteiger charge is 2.23. The molecule has 102 valence electrons. The molecule has 0 radical (unpaired) electrons. The number of rotatable bonds is 6. The van der Waals surface area contributed by atoms with Gasteiger partial charge in [-0.15, -0.1) is 0 Å². The van der Waals surface area contributed by atoms with Gasteiger partial charge < -0.3 is 5.73 Å². The summed E-state index contributed by atoms with van der Waals surface area (Å²) in [5, 5.41) is 0. The maximum absolute atomic E-state index is 11.3. The van der Waals surface area contributed by atoms with E-state index in [1.165, 1.54) is 10.6 Å². The lowest BCUT2D eigenvalue weighted by Gasteiger charge is -2.34. The van der Waals surface area contributed by atoms with Crippen molar-refractivity contribution >= 4 is 21.8 Å². The first-order valence-corrected chi connectivity index (χ1v) is 9.09. The van der Waals surface area contributed by atoms with Gasteiger partial charge in [0.25, 0.3) is 0 Å². The van der Waals surface area contributed by atoms with Crippen LogP contribution < -0.4 is 5.73 Å². The van der Waals surface area contributed by atoms with Crippen molar-refractivity contribution in [3.8, 4) is 0 Å². The summed E-state index contributed by atoms with van der Waals surface area (Å²) in [6, 6.07) is 0.201. The highest BCUT2D eigenvalue weighted by atomic mass is 32.2. The minimum absolute atomic E-state index is 0.201. The standard InChI is InChI=1S/C10H23N3O2S2/c1-16-8-3-10(11)9-12-4-6-13(7-5-12)17(2,14)15/h10H,3-9,11H2,1-2H3/t10-/m1/s1. The number of nitrogens with zero attached hydrogens (tertiary/aromatic N) is 2. The predicted molar refractivity (Wildman–Crippen MR) is 73.8 cm³/mol. The zero-order valence-corrected chi connectivity index (χ0v) is 12.3. The van der Waals surface area contributed by atoms with E-state index < -0.39 is 10.0 Å². The average molecular weight is 281 g/mol. The summed E-state index contributed by atoms with van der Waals surface area (Å²) in [4.78, 5) is 2.26. The van der Waals surface area contributed by atoms with Gasteiger partial charge in [-0.25, -0.2) is 8.42 Å². The Morgan fingerprint density at radius 2 is 1.88 bits per heavy atom. The Morgan fingerprint density at radius 3 is 2.35 bits per heavy atom. The molecule has 0 spiro atoms. The van der Waals surface area contributed by atoms with Gasteiger partial charge in [0.2, 0.25) is 10.0 Å². The molecular weight excluding hydrogens is 258 g/mol. The Hall–Kier alpha value is 0.180. The zero-order valence-electron chi connectivity index (χ0n) is 10.6. The van der Waals surface area contributed by atoms with Crippen molar-refractivity contribution in [3.63, 3.8) is 0 Å². The number of hydrogen-bond acceptors (Lipinski definition) is 5. The first-order chi connectivity index (χ1) is 7.93. The summed E-state index contributed by atoms with van der Waals surface area (Å²) in [5.41, 5.74) is 6.02. The second-order valence-electron chi connectivity index (χ2n) is 4.50. The molecule has 0 bridgehead atoms. The van der Waals surface area contributed by atoms with Crippen LogP contribution in [0.25, 0.3) is 0 Å². The fraction of sp³-hybridized carbons (Fsp3) is 1.00. The van der Waals surface area contributed by atoms with Crippen molar-refractivity contribution in [2.24, 2.45) is 5.73 Å². The highest BCUT2D eigenvalue weighted by molar-refractivity contribution is 7.98. The summed E-state index contributed by atoms with van der Waals surface area (Å²) >= 11 is 1.81. The van der Waals surface area contributed by atoms with E-state index >= 15 is 0 Å². The van der Waals surface area contributed by atoms with Crippen molar-refractivity contribution in [1.29, 1.82) is 0 Å². The molecule has 1 atom stereocenters. The second kappa shape index (κ2) is 6.94. The molecule has 5 nitrogen and oxygen atoms in total. The van der Waals surface area contributed by atoms with Crippen LogP contribution in [-0.4, -0.2) is 74.7 Å². The third-order valence-corrected chi connectivity index (χ3v) is 4.93. The Kier molecular flexibility index (Phi) is 6.22. The molecule has 1 aliphatic rings. The van der Waals surface area contributed by atoms with Crippen molar-refractivity contribution in [2.75, 3.05) is 51.0 Å². The minimum atomic E-state index is -3.02. The third kappa shape index (κ3) is 5.56. The van der Waals surface area contributed by atoms with Crippen LogP contribution in [0.3, 0.4) is 0 Å². The fourth-order valence-corrected chi connectivity index (χ4v) is 3.30. The number of thioether (sulfide) groups is 1. The predicted octanol–water partition coefficient (Wildman–Crippen LogP) is -0.356. The maximum Gasteiger partial charge on any atom is 0.211 e. The first kappa shape index (κ1) is 15.2. The van der Waals surface area contributed by atoms with Crippen LogP contribution in [-0.2, 0) is 10.0 Å². The molecule has 7 heteroatoms. The van der Waals surface area contributed by atoms with E-state index in [1.807, 2.05) is 11.8 Å². The molecule has 0 aromatic carbocycles. The Morgan fingerprint density at radius 1 is 1.29 bits per heavy atom. The molecule has 0 saturated carbocycles. The van der Waals surface area contributed by atoms with E-state index in [2.05, 4.69) is 11.2 Å². The molecule has 0 amide bonds. The molecule has 1 saturated heterocycles. The van der Waals surface area contributed by atoms with Gasteiger partial charge in [0, 0.05) is 38.8 Å². The van der Waals surface area contributed by atoms with Crippen LogP contribution in [0.2, 0.25) is 0 Å². The first-order valence-electron chi connectivity index (χ1n) is 5.85. The average Bonchev–Trinajstić information content (AvgIpc) is 2.26. The summed E-state index contributed by atoms with van der Waals surface area (Å²) in [6.45, 7) is 3.64. The number of hydrogen-bond donors (Lipinski definition) is 1. The summed E-state index contributed by atoms with van der Waals surface area (Å²) < 4.78 is 24.2. The topological polar surface area (TPSA) is 66.6 Å². The highest BCUT2D eigenvalue weighted by Crippen LogP contribution is 2.07. The van der Waals surface area contributed by atoms with Crippen LogP contribution >= 0.6 is 11.8 Å². The van der Waals surface area contributed by atoms with Gasteiger partial charge in [-0.1, -0.05) is 0 Å². The Labute approximate surface area is 109 Å². The molecule has 17 heavy (non-hydrogen) atoms. The van der Waals surface area contributed by atoms with Gasteiger partial charge in [0.05, 0.1) is 6.26 Å². The monoisotopic (exact) mass is 281 g/mol. The molecule has 1 rings (SSSR count). The number of nitrogens with two attached hydrogens (primary N) is 1. The third-order valence-electron chi connectivity index (χ3n) is 2.99. The van der Waals surface area contributed by atoms with Gasteiger partial charge in [0.15, 0.2) is 0 Å². The Bertz CT molecular complexity index is 314. The van der Waals surface area contributed by atoms with Crippen molar-refractivity contribution in [1.82, 2.24) is 9.21 Å². The molecule has 1 heterocycles. The van der Waals surface area contributed by atoms with E-state index in [0.717, 1.165) is 31.8 Å². The summed E-state index contributed by atoms with van der Waals surface area (Å²) in [6.07, 6.45) is 4.37. The molecule has 0 unspecified atom stereocenters. The fourth-order valence-electron chi connectivity index (χ4n) is 1.94. The van der Waals surface area contributed by atoms with Gasteiger partial charge in [-0.3, -0.25) is 4.90 Å². The van der Waals surface area contributed by atoms with Gasteiger partial charge in [-0.2, -0.15) is 16.1 Å². The number of sulfonamides is 1. The molecular formula is C10H23N3O2S2. The molecule has 0 aromatic rings. The van der Waals surface area contributed by atoms with Crippen LogP contribution in [0.4, 0.5) is 0 Å². The maximum atomic E-state index is 11.3. The summed E-state index contributed by atoms with van der Waals surface area (Å²) in [7, 11) is -3.02. The van der Waals surface area contributed by atoms with Crippen LogP contribution in [0.15, 0.2) is 0 Å². The van der Waals surface area contributed by atoms with Gasteiger partial charge >= 0.3 is 0 Å². The lowest BCUT2D eigenvalue weighted by Crippen LogP contribution is -2.51. The largest absolute Gasteiger partial charge is 0.327 e. The summed E-state index contributed by atoms with van der Waals surface area (Å²) in [5.74, 6) is 1.09. The van der Waals surface area contributed by atoms with E-state index in [0.29, 0.717) is 13.1 Å². The second-order valence-corrected chi connectivity index (χ2v) is 7.47. The van der Waals surface area contributed by atoms with E-state index in [9.17, 15) is 8.42 Å². The zero-order chi connectivity index (χ0) is 12.9. The molecule has 0 aliphatic carbocycles. The molecule has 1 aliphatic heterocycles. The molecule has 2 N–H and O–H groups in total. The smallest absolute Gasteiger partial charge is 0.211 e. The lowest BCUT2D eigenvalue weighted by atomic mass is 10.2. The van der Waals surface area contributed by atoms with Gasteiger partial charge in [-0.05, 0) is 18.4 Å². The quantitative estimate of drug-likeness (QED) is 0.720. The van der Waals surface area contributed by atoms with Crippen molar-refractivity contribution < 1.29 is 8.42 Å². The van der Waals surface area contributed by atoms with E-state index in [4.69, 9.17) is 5.73 Å². The molecule has 0 aromatic heterocycles.